The lowest BCUT2D eigenvalue weighted by Gasteiger charge is -2.43. The maximum atomic E-state index is 5.54. The highest BCUT2D eigenvalue weighted by atomic mass is 16.5. The summed E-state index contributed by atoms with van der Waals surface area (Å²) < 4.78 is 5.54. The zero-order valence-electron chi connectivity index (χ0n) is 15.3. The van der Waals surface area contributed by atoms with Crippen molar-refractivity contribution in [2.45, 2.75) is 32.7 Å². The topological polar surface area (TPSA) is 27.7 Å². The second-order valence-corrected chi connectivity index (χ2v) is 7.20. The Morgan fingerprint density at radius 2 is 1.96 bits per heavy atom. The monoisotopic (exact) mass is 329 g/mol. The predicted molar refractivity (Wildman–Crippen MR) is 101 cm³/mol. The average molecular weight is 329 g/mol. The van der Waals surface area contributed by atoms with Crippen molar-refractivity contribution in [1.82, 2.24) is 10.2 Å². The third kappa shape index (κ3) is 3.66. The van der Waals surface area contributed by atoms with Crippen LogP contribution in [0, 0.1) is 0 Å². The van der Waals surface area contributed by atoms with E-state index in [1.165, 1.54) is 16.8 Å². The number of allylic oxidation sites excluding steroid dienone is 1. The normalized spacial score (nSPS) is 20.6. The van der Waals surface area contributed by atoms with Gasteiger partial charge < -0.3 is 9.64 Å². The fraction of sp³-hybridized carbons (Fsp3) is 0.600. The number of anilines is 1. The molecule has 0 saturated carbocycles. The Balaban J connectivity index is 1.80. The van der Waals surface area contributed by atoms with E-state index in [4.69, 9.17) is 4.74 Å². The van der Waals surface area contributed by atoms with E-state index in [0.717, 1.165) is 52.5 Å². The molecule has 0 bridgehead atoms. The van der Waals surface area contributed by atoms with E-state index in [0.29, 0.717) is 0 Å². The number of nitrogens with one attached hydrogen (secondary N) is 1. The van der Waals surface area contributed by atoms with Gasteiger partial charge in [-0.05, 0) is 38.8 Å². The fourth-order valence-corrected chi connectivity index (χ4v) is 3.88. The number of morpholine rings is 1. The molecule has 0 aromatic heterocycles. The third-order valence-electron chi connectivity index (χ3n) is 5.51. The Morgan fingerprint density at radius 1 is 1.21 bits per heavy atom. The van der Waals surface area contributed by atoms with Gasteiger partial charge in [-0.2, -0.15) is 0 Å². The first-order valence-corrected chi connectivity index (χ1v) is 9.15. The molecule has 24 heavy (non-hydrogen) atoms. The van der Waals surface area contributed by atoms with Crippen molar-refractivity contribution in [3.8, 4) is 0 Å². The standard InChI is InChI=1S/C20H31N3O/c1-4-18(20(2,3)23-11-13-24-14-12-23)15-17-7-5-6-8-19(17)22-10-9-21-16-22/h4-8,21H,9-16H2,1-3H3. The van der Waals surface area contributed by atoms with E-state index in [9.17, 15) is 0 Å². The molecular formula is C20H31N3O. The molecule has 1 aromatic rings. The maximum absolute atomic E-state index is 5.54. The molecule has 2 aliphatic heterocycles. The van der Waals surface area contributed by atoms with Crippen LogP contribution in [0.15, 0.2) is 35.9 Å². The van der Waals surface area contributed by atoms with Crippen molar-refractivity contribution < 1.29 is 4.74 Å². The summed E-state index contributed by atoms with van der Waals surface area (Å²) in [6.45, 7) is 13.7. The molecule has 0 atom stereocenters. The molecule has 4 nitrogen and oxygen atoms in total. The van der Waals surface area contributed by atoms with Crippen molar-refractivity contribution >= 4 is 5.69 Å². The zero-order chi connectivity index (χ0) is 17.0. The zero-order valence-corrected chi connectivity index (χ0v) is 15.3. The van der Waals surface area contributed by atoms with E-state index < -0.39 is 0 Å². The van der Waals surface area contributed by atoms with Gasteiger partial charge >= 0.3 is 0 Å². The second kappa shape index (κ2) is 7.68. The largest absolute Gasteiger partial charge is 0.379 e. The molecule has 0 aliphatic carbocycles. The summed E-state index contributed by atoms with van der Waals surface area (Å²) in [7, 11) is 0. The fourth-order valence-electron chi connectivity index (χ4n) is 3.88. The predicted octanol–water partition coefficient (Wildman–Crippen LogP) is 2.65. The molecule has 0 amide bonds. The van der Waals surface area contributed by atoms with Crippen LogP contribution in [-0.2, 0) is 11.2 Å². The van der Waals surface area contributed by atoms with Gasteiger partial charge in [-0.3, -0.25) is 10.2 Å². The van der Waals surface area contributed by atoms with Crippen molar-refractivity contribution in [3.05, 3.63) is 41.5 Å². The Morgan fingerprint density at radius 3 is 2.62 bits per heavy atom. The van der Waals surface area contributed by atoms with Crippen LogP contribution in [0.5, 0.6) is 0 Å². The minimum atomic E-state index is 0.0644. The highest BCUT2D eigenvalue weighted by molar-refractivity contribution is 5.55. The quantitative estimate of drug-likeness (QED) is 0.841. The number of hydrogen-bond acceptors (Lipinski definition) is 4. The van der Waals surface area contributed by atoms with Gasteiger partial charge in [0, 0.05) is 37.4 Å². The van der Waals surface area contributed by atoms with Gasteiger partial charge in [-0.1, -0.05) is 29.8 Å². The van der Waals surface area contributed by atoms with E-state index in [-0.39, 0.29) is 5.54 Å². The van der Waals surface area contributed by atoms with E-state index in [2.05, 4.69) is 66.2 Å². The van der Waals surface area contributed by atoms with Gasteiger partial charge in [0.25, 0.3) is 0 Å². The van der Waals surface area contributed by atoms with Crippen LogP contribution in [0.4, 0.5) is 5.69 Å². The lowest BCUT2D eigenvalue weighted by atomic mass is 9.86. The molecule has 4 heteroatoms. The molecule has 0 unspecified atom stereocenters. The van der Waals surface area contributed by atoms with Gasteiger partial charge in [-0.15, -0.1) is 0 Å². The van der Waals surface area contributed by atoms with Crippen molar-refractivity contribution in [1.29, 1.82) is 0 Å². The first-order chi connectivity index (χ1) is 11.6. The molecule has 1 aromatic carbocycles. The van der Waals surface area contributed by atoms with Crippen LogP contribution < -0.4 is 10.2 Å². The average Bonchev–Trinajstić information content (AvgIpc) is 3.15. The Kier molecular flexibility index (Phi) is 5.59. The number of rotatable bonds is 5. The minimum Gasteiger partial charge on any atom is -0.379 e. The summed E-state index contributed by atoms with van der Waals surface area (Å²) in [6, 6.07) is 8.86. The van der Waals surface area contributed by atoms with Gasteiger partial charge in [0.05, 0.1) is 19.9 Å². The number of para-hydroxylation sites is 1. The Labute approximate surface area is 146 Å². The highest BCUT2D eigenvalue weighted by Gasteiger charge is 2.32. The van der Waals surface area contributed by atoms with Crippen molar-refractivity contribution in [3.63, 3.8) is 0 Å². The molecular weight excluding hydrogens is 298 g/mol. The van der Waals surface area contributed by atoms with Crippen molar-refractivity contribution in [2.24, 2.45) is 0 Å². The van der Waals surface area contributed by atoms with Crippen LogP contribution in [-0.4, -0.2) is 56.5 Å². The molecule has 0 radical (unpaired) electrons. The van der Waals surface area contributed by atoms with Gasteiger partial charge in [-0.25, -0.2) is 0 Å². The summed E-state index contributed by atoms with van der Waals surface area (Å²) in [5, 5.41) is 3.44. The molecule has 2 heterocycles. The van der Waals surface area contributed by atoms with E-state index >= 15 is 0 Å². The molecule has 1 N–H and O–H groups in total. The SMILES string of the molecule is CC=C(Cc1ccccc1N1CCNC1)C(C)(C)N1CCOCC1. The molecule has 3 rings (SSSR count). The summed E-state index contributed by atoms with van der Waals surface area (Å²) in [5.41, 5.74) is 4.36. The summed E-state index contributed by atoms with van der Waals surface area (Å²) in [6.07, 6.45) is 3.32. The summed E-state index contributed by atoms with van der Waals surface area (Å²) in [5.74, 6) is 0. The smallest absolute Gasteiger partial charge is 0.0683 e. The van der Waals surface area contributed by atoms with E-state index in [1.807, 2.05) is 0 Å². The Hall–Kier alpha value is -1.36. The lowest BCUT2D eigenvalue weighted by Crippen LogP contribution is -2.51. The number of hydrogen-bond donors (Lipinski definition) is 1. The van der Waals surface area contributed by atoms with Crippen LogP contribution in [0.25, 0.3) is 0 Å². The Bertz CT molecular complexity index is 570. The van der Waals surface area contributed by atoms with Crippen molar-refractivity contribution in [2.75, 3.05) is 51.0 Å². The van der Waals surface area contributed by atoms with Crippen LogP contribution in [0.1, 0.15) is 26.3 Å². The summed E-state index contributed by atoms with van der Waals surface area (Å²) in [4.78, 5) is 5.01. The third-order valence-corrected chi connectivity index (χ3v) is 5.51. The molecule has 0 spiro atoms. The molecule has 132 valence electrons. The van der Waals surface area contributed by atoms with Gasteiger partial charge in [0.1, 0.15) is 0 Å². The first-order valence-electron chi connectivity index (χ1n) is 9.15. The number of nitrogens with zero attached hydrogens (tertiary/aromatic N) is 2. The summed E-state index contributed by atoms with van der Waals surface area (Å²) >= 11 is 0. The highest BCUT2D eigenvalue weighted by Crippen LogP contribution is 2.31. The molecule has 2 saturated heterocycles. The minimum absolute atomic E-state index is 0.0644. The van der Waals surface area contributed by atoms with Crippen LogP contribution in [0.3, 0.4) is 0 Å². The van der Waals surface area contributed by atoms with E-state index in [1.54, 1.807) is 0 Å². The van der Waals surface area contributed by atoms with Crippen LogP contribution >= 0.6 is 0 Å². The van der Waals surface area contributed by atoms with Gasteiger partial charge in [0.2, 0.25) is 0 Å². The van der Waals surface area contributed by atoms with Crippen LogP contribution in [0.2, 0.25) is 0 Å². The number of benzene rings is 1. The number of ether oxygens (including phenoxy) is 1. The second-order valence-electron chi connectivity index (χ2n) is 7.20. The lowest BCUT2D eigenvalue weighted by molar-refractivity contribution is 0.000835. The van der Waals surface area contributed by atoms with Gasteiger partial charge in [0.15, 0.2) is 0 Å². The maximum Gasteiger partial charge on any atom is 0.0683 e. The first kappa shape index (κ1) is 17.5. The molecule has 2 fully saturated rings. The molecule has 2 aliphatic rings.